The summed E-state index contributed by atoms with van der Waals surface area (Å²) >= 11 is 1.68. The van der Waals surface area contributed by atoms with Crippen molar-refractivity contribution >= 4 is 11.8 Å². The Labute approximate surface area is 139 Å². The first-order chi connectivity index (χ1) is 11.4. The molecular weight excluding hydrogens is 306 g/mol. The summed E-state index contributed by atoms with van der Waals surface area (Å²) in [7, 11) is 0. The van der Waals surface area contributed by atoms with Crippen molar-refractivity contribution in [2.24, 2.45) is 0 Å². The molecule has 0 spiro atoms. The molecule has 0 bridgehead atoms. The van der Waals surface area contributed by atoms with Crippen LogP contribution in [-0.4, -0.2) is 15.3 Å². The molecule has 2 heterocycles. The van der Waals surface area contributed by atoms with Crippen LogP contribution in [-0.2, 0) is 6.54 Å². The van der Waals surface area contributed by atoms with Crippen molar-refractivity contribution in [2.45, 2.75) is 24.5 Å². The molecule has 3 aromatic rings. The molecule has 0 saturated heterocycles. The lowest BCUT2D eigenvalue weighted by Crippen LogP contribution is -2.03. The Bertz CT molecular complexity index is 772. The van der Waals surface area contributed by atoms with Crippen LogP contribution in [0.25, 0.3) is 11.3 Å². The van der Waals surface area contributed by atoms with E-state index >= 15 is 0 Å². The van der Waals surface area contributed by atoms with Gasteiger partial charge in [-0.3, -0.25) is 0 Å². The first-order valence-corrected chi connectivity index (χ1v) is 8.50. The molecular formula is C18H17N3OS. The predicted octanol–water partition coefficient (Wildman–Crippen LogP) is 4.59. The number of aromatic nitrogens is 2. The number of hydrogen-bond acceptors (Lipinski definition) is 4. The van der Waals surface area contributed by atoms with Gasteiger partial charge < -0.3 is 8.98 Å². The number of nitrogens with zero attached hydrogens (tertiary/aromatic N) is 3. The topological polar surface area (TPSA) is 54.8 Å². The predicted molar refractivity (Wildman–Crippen MR) is 91.0 cm³/mol. The third-order valence-electron chi connectivity index (χ3n) is 3.45. The summed E-state index contributed by atoms with van der Waals surface area (Å²) in [5, 5.41) is 9.61. The summed E-state index contributed by atoms with van der Waals surface area (Å²) in [5.74, 6) is 1.79. The van der Waals surface area contributed by atoms with Gasteiger partial charge in [0.2, 0.25) is 0 Å². The molecule has 0 unspecified atom stereocenters. The van der Waals surface area contributed by atoms with E-state index in [1.165, 1.54) is 0 Å². The van der Waals surface area contributed by atoms with Gasteiger partial charge >= 0.3 is 0 Å². The molecule has 0 aliphatic rings. The van der Waals surface area contributed by atoms with E-state index in [0.29, 0.717) is 13.0 Å². The molecule has 1 aromatic carbocycles. The second-order valence-electron chi connectivity index (χ2n) is 5.07. The van der Waals surface area contributed by atoms with Gasteiger partial charge in [0.05, 0.1) is 30.8 Å². The standard InChI is InChI=1S/C18H17N3OS/c19-10-4-5-12-23-18-20-13-17(15-7-2-1-3-8-15)21(18)14-16-9-6-11-22-16/h1-3,6-9,11,13H,4-5,12,14H2. The molecule has 0 aliphatic carbocycles. The van der Waals surface area contributed by atoms with E-state index in [1.54, 1.807) is 18.0 Å². The van der Waals surface area contributed by atoms with Crippen molar-refractivity contribution < 1.29 is 4.42 Å². The zero-order chi connectivity index (χ0) is 15.9. The SMILES string of the molecule is N#CCCCSc1ncc(-c2ccccc2)n1Cc1ccco1. The van der Waals surface area contributed by atoms with Gasteiger partial charge in [0.15, 0.2) is 5.16 Å². The van der Waals surface area contributed by atoms with E-state index in [4.69, 9.17) is 9.68 Å². The maximum atomic E-state index is 8.65. The number of nitriles is 1. The maximum absolute atomic E-state index is 8.65. The van der Waals surface area contributed by atoms with Gasteiger partial charge in [0.1, 0.15) is 5.76 Å². The number of imidazole rings is 1. The number of unbranched alkanes of at least 4 members (excludes halogenated alkanes) is 1. The Morgan fingerprint density at radius 3 is 2.78 bits per heavy atom. The normalized spacial score (nSPS) is 10.6. The first kappa shape index (κ1) is 15.4. The summed E-state index contributed by atoms with van der Waals surface area (Å²) in [4.78, 5) is 4.57. The van der Waals surface area contributed by atoms with Crippen LogP contribution in [0.5, 0.6) is 0 Å². The number of rotatable bonds is 7. The second kappa shape index (κ2) is 7.70. The Morgan fingerprint density at radius 1 is 1.17 bits per heavy atom. The van der Waals surface area contributed by atoms with Gasteiger partial charge in [0, 0.05) is 12.2 Å². The lowest BCUT2D eigenvalue weighted by Gasteiger charge is -2.10. The van der Waals surface area contributed by atoms with E-state index in [2.05, 4.69) is 27.8 Å². The van der Waals surface area contributed by atoms with Crippen LogP contribution in [0.15, 0.2) is 64.5 Å². The van der Waals surface area contributed by atoms with Crippen molar-refractivity contribution in [3.63, 3.8) is 0 Å². The molecule has 0 N–H and O–H groups in total. The van der Waals surface area contributed by atoms with Crippen molar-refractivity contribution in [3.8, 4) is 17.3 Å². The number of hydrogen-bond donors (Lipinski definition) is 0. The highest BCUT2D eigenvalue weighted by Gasteiger charge is 2.13. The second-order valence-corrected chi connectivity index (χ2v) is 6.13. The minimum atomic E-state index is 0.581. The van der Waals surface area contributed by atoms with Gasteiger partial charge in [-0.2, -0.15) is 5.26 Å². The summed E-state index contributed by atoms with van der Waals surface area (Å²) in [6.45, 7) is 0.651. The molecule has 0 saturated carbocycles. The minimum Gasteiger partial charge on any atom is -0.467 e. The average Bonchev–Trinajstić information content (AvgIpc) is 3.23. The van der Waals surface area contributed by atoms with Crippen molar-refractivity contribution in [2.75, 3.05) is 5.75 Å². The average molecular weight is 323 g/mol. The Balaban J connectivity index is 1.87. The zero-order valence-corrected chi connectivity index (χ0v) is 13.5. The molecule has 0 amide bonds. The van der Waals surface area contributed by atoms with Gasteiger partial charge in [-0.15, -0.1) is 0 Å². The molecule has 116 valence electrons. The van der Waals surface area contributed by atoms with Crippen LogP contribution in [0, 0.1) is 11.3 Å². The summed E-state index contributed by atoms with van der Waals surface area (Å²) < 4.78 is 7.67. The van der Waals surface area contributed by atoms with E-state index in [0.717, 1.165) is 34.3 Å². The fourth-order valence-electron chi connectivity index (χ4n) is 2.34. The quantitative estimate of drug-likeness (QED) is 0.471. The van der Waals surface area contributed by atoms with Gasteiger partial charge in [0.25, 0.3) is 0 Å². The van der Waals surface area contributed by atoms with E-state index in [1.807, 2.05) is 36.5 Å². The van der Waals surface area contributed by atoms with Crippen LogP contribution in [0.3, 0.4) is 0 Å². The molecule has 4 nitrogen and oxygen atoms in total. The van der Waals surface area contributed by atoms with Crippen molar-refractivity contribution in [3.05, 3.63) is 60.7 Å². The molecule has 0 fully saturated rings. The summed E-state index contributed by atoms with van der Waals surface area (Å²) in [6, 6.07) is 16.3. The lowest BCUT2D eigenvalue weighted by atomic mass is 10.2. The highest BCUT2D eigenvalue weighted by molar-refractivity contribution is 7.99. The Kier molecular flexibility index (Phi) is 5.17. The minimum absolute atomic E-state index is 0.581. The molecule has 2 aromatic heterocycles. The highest BCUT2D eigenvalue weighted by Crippen LogP contribution is 2.27. The van der Waals surface area contributed by atoms with E-state index in [9.17, 15) is 0 Å². The molecule has 0 radical (unpaired) electrons. The fraction of sp³-hybridized carbons (Fsp3) is 0.222. The number of furan rings is 1. The molecule has 5 heteroatoms. The molecule has 23 heavy (non-hydrogen) atoms. The molecule has 0 aliphatic heterocycles. The van der Waals surface area contributed by atoms with Crippen LogP contribution >= 0.6 is 11.8 Å². The Hall–Kier alpha value is -2.45. The summed E-state index contributed by atoms with van der Waals surface area (Å²) in [5.41, 5.74) is 2.21. The van der Waals surface area contributed by atoms with E-state index < -0.39 is 0 Å². The van der Waals surface area contributed by atoms with Crippen LogP contribution in [0.1, 0.15) is 18.6 Å². The maximum Gasteiger partial charge on any atom is 0.168 e. The highest BCUT2D eigenvalue weighted by atomic mass is 32.2. The van der Waals surface area contributed by atoms with Crippen LogP contribution < -0.4 is 0 Å². The van der Waals surface area contributed by atoms with Crippen LogP contribution in [0.4, 0.5) is 0 Å². The Morgan fingerprint density at radius 2 is 2.04 bits per heavy atom. The van der Waals surface area contributed by atoms with Crippen molar-refractivity contribution in [1.82, 2.24) is 9.55 Å². The smallest absolute Gasteiger partial charge is 0.168 e. The monoisotopic (exact) mass is 323 g/mol. The van der Waals surface area contributed by atoms with Gasteiger partial charge in [-0.05, 0) is 24.1 Å². The molecule has 3 rings (SSSR count). The largest absolute Gasteiger partial charge is 0.467 e. The zero-order valence-electron chi connectivity index (χ0n) is 12.7. The summed E-state index contributed by atoms with van der Waals surface area (Å²) in [6.07, 6.45) is 5.05. The van der Waals surface area contributed by atoms with Gasteiger partial charge in [-0.1, -0.05) is 42.1 Å². The molecule has 0 atom stereocenters. The number of benzene rings is 1. The number of thioether (sulfide) groups is 1. The first-order valence-electron chi connectivity index (χ1n) is 7.51. The third kappa shape index (κ3) is 3.85. The van der Waals surface area contributed by atoms with Gasteiger partial charge in [-0.25, -0.2) is 4.98 Å². The lowest BCUT2D eigenvalue weighted by molar-refractivity contribution is 0.485. The third-order valence-corrected chi connectivity index (χ3v) is 4.52. The fourth-order valence-corrected chi connectivity index (χ4v) is 3.26. The van der Waals surface area contributed by atoms with Crippen molar-refractivity contribution in [1.29, 1.82) is 5.26 Å². The van der Waals surface area contributed by atoms with E-state index in [-0.39, 0.29) is 0 Å². The van der Waals surface area contributed by atoms with Crippen LogP contribution in [0.2, 0.25) is 0 Å².